The van der Waals surface area contributed by atoms with Crippen molar-refractivity contribution in [2.75, 3.05) is 5.88 Å². The number of carbonyl (C=O) groups is 1. The zero-order valence-electron chi connectivity index (χ0n) is 6.65. The van der Waals surface area contributed by atoms with E-state index < -0.39 is 9.84 Å². The van der Waals surface area contributed by atoms with Gasteiger partial charge in [0.1, 0.15) is 5.88 Å². The van der Waals surface area contributed by atoms with Crippen LogP contribution in [0.3, 0.4) is 0 Å². The summed E-state index contributed by atoms with van der Waals surface area (Å²) in [5.74, 6) is -0.631. The fourth-order valence-corrected chi connectivity index (χ4v) is 2.52. The first-order chi connectivity index (χ1) is 6.11. The number of benzene rings is 1. The van der Waals surface area contributed by atoms with E-state index in [1.807, 2.05) is 0 Å². The summed E-state index contributed by atoms with van der Waals surface area (Å²) in [4.78, 5) is 11.3. The van der Waals surface area contributed by atoms with Gasteiger partial charge in [-0.2, -0.15) is 0 Å². The lowest BCUT2D eigenvalue weighted by molar-refractivity contribution is 0.0953. The van der Waals surface area contributed by atoms with Crippen LogP contribution in [0.25, 0.3) is 0 Å². The second-order valence-corrected chi connectivity index (χ2v) is 4.72. The van der Waals surface area contributed by atoms with Gasteiger partial charge >= 0.3 is 0 Å². The van der Waals surface area contributed by atoms with Crippen molar-refractivity contribution >= 4 is 15.7 Å². The molecular weight excluding hydrogens is 190 g/mol. The van der Waals surface area contributed by atoms with Gasteiger partial charge in [-0.3, -0.25) is 4.79 Å². The van der Waals surface area contributed by atoms with Crippen LogP contribution in [0.4, 0.5) is 0 Å². The lowest BCUT2D eigenvalue weighted by Gasteiger charge is -2.15. The molecule has 0 fully saturated rings. The molecule has 5 heteroatoms. The van der Waals surface area contributed by atoms with Crippen molar-refractivity contribution < 1.29 is 13.2 Å². The van der Waals surface area contributed by atoms with Crippen molar-refractivity contribution in [1.29, 1.82) is 0 Å². The standard InChI is InChI=1S/C8H7NO3S/c10-8-6-3-1-2-4-7(6)13(11,12)5-9-8/h1-4H,5H2,(H,9,10). The van der Waals surface area contributed by atoms with E-state index in [1.54, 1.807) is 12.1 Å². The summed E-state index contributed by atoms with van der Waals surface area (Å²) in [5.41, 5.74) is 0.230. The molecule has 0 saturated carbocycles. The molecule has 1 aromatic rings. The minimum absolute atomic E-state index is 0.124. The summed E-state index contributed by atoms with van der Waals surface area (Å²) in [5, 5.41) is 2.30. The van der Waals surface area contributed by atoms with Crippen LogP contribution in [0.2, 0.25) is 0 Å². The van der Waals surface area contributed by atoms with Crippen LogP contribution >= 0.6 is 0 Å². The summed E-state index contributed by atoms with van der Waals surface area (Å²) >= 11 is 0. The predicted molar refractivity (Wildman–Crippen MR) is 46.0 cm³/mol. The molecule has 1 N–H and O–H groups in total. The van der Waals surface area contributed by atoms with Gasteiger partial charge in [0.25, 0.3) is 5.91 Å². The first kappa shape index (κ1) is 8.25. The van der Waals surface area contributed by atoms with Gasteiger partial charge in [0.2, 0.25) is 0 Å². The quantitative estimate of drug-likeness (QED) is 0.644. The minimum atomic E-state index is -3.31. The third kappa shape index (κ3) is 1.21. The maximum atomic E-state index is 11.4. The van der Waals surface area contributed by atoms with Gasteiger partial charge in [0.05, 0.1) is 10.5 Å². The van der Waals surface area contributed by atoms with E-state index in [0.29, 0.717) is 0 Å². The van der Waals surface area contributed by atoms with Crippen molar-refractivity contribution in [2.45, 2.75) is 4.90 Å². The monoisotopic (exact) mass is 197 g/mol. The van der Waals surface area contributed by atoms with Gasteiger partial charge in [0, 0.05) is 0 Å². The summed E-state index contributed by atoms with van der Waals surface area (Å²) in [7, 11) is -3.31. The Bertz CT molecular complexity index is 464. The van der Waals surface area contributed by atoms with Crippen LogP contribution < -0.4 is 5.32 Å². The van der Waals surface area contributed by atoms with Crippen LogP contribution in [-0.2, 0) is 9.84 Å². The number of nitrogens with one attached hydrogen (secondary N) is 1. The predicted octanol–water partition coefficient (Wildman–Crippen LogP) is 0.161. The average molecular weight is 197 g/mol. The largest absolute Gasteiger partial charge is 0.338 e. The van der Waals surface area contributed by atoms with Crippen LogP contribution in [0, 0.1) is 0 Å². The molecule has 0 bridgehead atoms. The Morgan fingerprint density at radius 2 is 1.92 bits per heavy atom. The second-order valence-electron chi connectivity index (χ2n) is 2.76. The SMILES string of the molecule is O=C1NCS(=O)(=O)c2ccccc21. The van der Waals surface area contributed by atoms with E-state index in [4.69, 9.17) is 0 Å². The molecule has 1 aliphatic rings. The highest BCUT2D eigenvalue weighted by molar-refractivity contribution is 7.91. The highest BCUT2D eigenvalue weighted by Gasteiger charge is 2.27. The molecule has 0 radical (unpaired) electrons. The maximum absolute atomic E-state index is 11.4. The van der Waals surface area contributed by atoms with Crippen LogP contribution in [0.1, 0.15) is 10.4 Å². The van der Waals surface area contributed by atoms with Crippen molar-refractivity contribution in [3.05, 3.63) is 29.8 Å². The van der Waals surface area contributed by atoms with E-state index in [2.05, 4.69) is 5.32 Å². The first-order valence-electron chi connectivity index (χ1n) is 3.71. The number of carbonyl (C=O) groups excluding carboxylic acids is 1. The molecule has 1 amide bonds. The molecule has 2 rings (SSSR count). The van der Waals surface area contributed by atoms with E-state index in [9.17, 15) is 13.2 Å². The van der Waals surface area contributed by atoms with Gasteiger partial charge in [0.15, 0.2) is 9.84 Å². The van der Waals surface area contributed by atoms with Crippen molar-refractivity contribution in [1.82, 2.24) is 5.32 Å². The van der Waals surface area contributed by atoms with Crippen molar-refractivity contribution in [3.63, 3.8) is 0 Å². The Kier molecular flexibility index (Phi) is 1.63. The molecule has 1 heterocycles. The molecule has 1 aliphatic heterocycles. The molecule has 0 aliphatic carbocycles. The molecule has 0 saturated heterocycles. The van der Waals surface area contributed by atoms with E-state index >= 15 is 0 Å². The molecule has 0 unspecified atom stereocenters. The van der Waals surface area contributed by atoms with E-state index in [0.717, 1.165) is 0 Å². The van der Waals surface area contributed by atoms with E-state index in [1.165, 1.54) is 12.1 Å². The molecule has 0 spiro atoms. The smallest absolute Gasteiger partial charge is 0.253 e. The summed E-state index contributed by atoms with van der Waals surface area (Å²) in [6, 6.07) is 6.19. The Labute approximate surface area is 75.5 Å². The zero-order chi connectivity index (χ0) is 9.47. The second kappa shape index (κ2) is 2.56. The summed E-state index contributed by atoms with van der Waals surface area (Å²) in [6.07, 6.45) is 0. The van der Waals surface area contributed by atoms with Gasteiger partial charge in [-0.15, -0.1) is 0 Å². The van der Waals surface area contributed by atoms with Gasteiger partial charge < -0.3 is 5.32 Å². The number of amides is 1. The zero-order valence-corrected chi connectivity index (χ0v) is 7.47. The van der Waals surface area contributed by atoms with Crippen molar-refractivity contribution in [3.8, 4) is 0 Å². The number of hydrogen-bond donors (Lipinski definition) is 1. The molecule has 0 atom stereocenters. The van der Waals surface area contributed by atoms with Crippen LogP contribution in [0.5, 0.6) is 0 Å². The Morgan fingerprint density at radius 1 is 1.23 bits per heavy atom. The van der Waals surface area contributed by atoms with Crippen LogP contribution in [-0.4, -0.2) is 20.2 Å². The summed E-state index contributed by atoms with van der Waals surface area (Å²) in [6.45, 7) is 0. The summed E-state index contributed by atoms with van der Waals surface area (Å²) < 4.78 is 22.8. The van der Waals surface area contributed by atoms with E-state index in [-0.39, 0.29) is 22.2 Å². The fraction of sp³-hybridized carbons (Fsp3) is 0.125. The number of hydrogen-bond acceptors (Lipinski definition) is 3. The third-order valence-corrected chi connectivity index (χ3v) is 3.44. The van der Waals surface area contributed by atoms with Gasteiger partial charge in [-0.25, -0.2) is 8.42 Å². The van der Waals surface area contributed by atoms with Gasteiger partial charge in [-0.05, 0) is 12.1 Å². The number of rotatable bonds is 0. The van der Waals surface area contributed by atoms with Gasteiger partial charge in [-0.1, -0.05) is 12.1 Å². The lowest BCUT2D eigenvalue weighted by atomic mass is 10.2. The van der Waals surface area contributed by atoms with Crippen LogP contribution in [0.15, 0.2) is 29.2 Å². The highest BCUT2D eigenvalue weighted by atomic mass is 32.2. The first-order valence-corrected chi connectivity index (χ1v) is 5.36. The molecule has 0 aromatic heterocycles. The lowest BCUT2D eigenvalue weighted by Crippen LogP contribution is -2.36. The molecular formula is C8H7NO3S. The maximum Gasteiger partial charge on any atom is 0.253 e. The minimum Gasteiger partial charge on any atom is -0.338 e. The van der Waals surface area contributed by atoms with Crippen molar-refractivity contribution in [2.24, 2.45) is 0 Å². The Balaban J connectivity index is 2.76. The Hall–Kier alpha value is -1.36. The molecule has 1 aromatic carbocycles. The third-order valence-electron chi connectivity index (χ3n) is 1.89. The highest BCUT2D eigenvalue weighted by Crippen LogP contribution is 2.19. The molecule has 4 nitrogen and oxygen atoms in total. The molecule has 68 valence electrons. The number of sulfone groups is 1. The average Bonchev–Trinajstić information content (AvgIpc) is 2.13. The molecule has 13 heavy (non-hydrogen) atoms. The Morgan fingerprint density at radius 3 is 2.62 bits per heavy atom. The normalized spacial score (nSPS) is 18.9. The topological polar surface area (TPSA) is 63.2 Å². The number of fused-ring (bicyclic) bond motifs is 1. The fourth-order valence-electron chi connectivity index (χ4n) is 1.26.